The second-order valence-electron chi connectivity index (χ2n) is 5.38. The lowest BCUT2D eigenvalue weighted by Gasteiger charge is -2.21. The van der Waals surface area contributed by atoms with Crippen molar-refractivity contribution in [3.05, 3.63) is 35.4 Å². The molecule has 1 atom stereocenters. The number of nitrogens with zero attached hydrogens (tertiary/aromatic N) is 2. The van der Waals surface area contributed by atoms with E-state index < -0.39 is 16.1 Å². The molecule has 0 amide bonds. The van der Waals surface area contributed by atoms with Crippen LogP contribution in [-0.2, 0) is 16.6 Å². The maximum Gasteiger partial charge on any atom is 0.214 e. The fourth-order valence-electron chi connectivity index (χ4n) is 2.40. The van der Waals surface area contributed by atoms with Crippen molar-refractivity contribution in [3.63, 3.8) is 0 Å². The van der Waals surface area contributed by atoms with E-state index in [-0.39, 0.29) is 5.75 Å². The van der Waals surface area contributed by atoms with E-state index in [1.165, 1.54) is 4.31 Å². The summed E-state index contributed by atoms with van der Waals surface area (Å²) in [5.41, 5.74) is 2.05. The predicted octanol–water partition coefficient (Wildman–Crippen LogP) is 0.817. The van der Waals surface area contributed by atoms with E-state index in [0.29, 0.717) is 26.1 Å². The van der Waals surface area contributed by atoms with Gasteiger partial charge in [0.2, 0.25) is 10.0 Å². The van der Waals surface area contributed by atoms with Gasteiger partial charge in [-0.2, -0.15) is 0 Å². The third kappa shape index (κ3) is 3.58. The van der Waals surface area contributed by atoms with Crippen LogP contribution in [0.25, 0.3) is 0 Å². The van der Waals surface area contributed by atoms with E-state index in [1.807, 2.05) is 24.3 Å². The van der Waals surface area contributed by atoms with Gasteiger partial charge >= 0.3 is 0 Å². The summed E-state index contributed by atoms with van der Waals surface area (Å²) in [5, 5.41) is 10.1. The van der Waals surface area contributed by atoms with Gasteiger partial charge < -0.3 is 5.11 Å². The van der Waals surface area contributed by atoms with Crippen molar-refractivity contribution in [3.8, 4) is 0 Å². The molecule has 1 aliphatic rings. The van der Waals surface area contributed by atoms with Crippen molar-refractivity contribution in [2.24, 2.45) is 0 Å². The number of hydrogen-bond acceptors (Lipinski definition) is 4. The smallest absolute Gasteiger partial charge is 0.214 e. The van der Waals surface area contributed by atoms with Crippen LogP contribution in [0, 0.1) is 0 Å². The van der Waals surface area contributed by atoms with Gasteiger partial charge in [0.25, 0.3) is 0 Å². The molecule has 20 heavy (non-hydrogen) atoms. The average Bonchev–Trinajstić information content (AvgIpc) is 2.57. The summed E-state index contributed by atoms with van der Waals surface area (Å²) >= 11 is 0. The largest absolute Gasteiger partial charge is 0.388 e. The van der Waals surface area contributed by atoms with Crippen molar-refractivity contribution in [2.75, 3.05) is 32.9 Å². The van der Waals surface area contributed by atoms with E-state index >= 15 is 0 Å². The molecule has 0 spiro atoms. The maximum absolute atomic E-state index is 11.8. The molecule has 0 saturated carbocycles. The van der Waals surface area contributed by atoms with Crippen molar-refractivity contribution >= 4 is 10.0 Å². The van der Waals surface area contributed by atoms with Crippen molar-refractivity contribution in [1.29, 1.82) is 0 Å². The highest BCUT2D eigenvalue weighted by Crippen LogP contribution is 2.26. The first-order chi connectivity index (χ1) is 9.40. The lowest BCUT2D eigenvalue weighted by molar-refractivity contribution is 0.153. The Morgan fingerprint density at radius 3 is 2.75 bits per heavy atom. The van der Waals surface area contributed by atoms with Gasteiger partial charge in [-0.3, -0.25) is 4.90 Å². The molecule has 0 fully saturated rings. The number of sulfonamides is 1. The Balaban J connectivity index is 2.06. The standard InChI is InChI=1S/C14H22N2O3S/c1-15(2)20(18,19)10-9-16-8-7-14(17)13-6-4-3-5-12(13)11-16/h3-6,14,17H,7-11H2,1-2H3. The lowest BCUT2D eigenvalue weighted by atomic mass is 10.0. The number of aliphatic hydroxyl groups is 1. The fourth-order valence-corrected chi connectivity index (χ4v) is 3.26. The predicted molar refractivity (Wildman–Crippen MR) is 78.8 cm³/mol. The number of hydrogen-bond donors (Lipinski definition) is 1. The van der Waals surface area contributed by atoms with Gasteiger partial charge in [-0.1, -0.05) is 24.3 Å². The summed E-state index contributed by atoms with van der Waals surface area (Å²) in [6.45, 7) is 1.89. The minimum Gasteiger partial charge on any atom is -0.388 e. The van der Waals surface area contributed by atoms with Crippen LogP contribution in [0.1, 0.15) is 23.7 Å². The van der Waals surface area contributed by atoms with Gasteiger partial charge in [0.05, 0.1) is 11.9 Å². The van der Waals surface area contributed by atoms with Crippen LogP contribution in [0.4, 0.5) is 0 Å². The minimum atomic E-state index is -3.17. The van der Waals surface area contributed by atoms with E-state index in [0.717, 1.165) is 11.1 Å². The lowest BCUT2D eigenvalue weighted by Crippen LogP contribution is -2.34. The molecule has 0 saturated heterocycles. The molecule has 1 heterocycles. The molecule has 1 N–H and O–H groups in total. The van der Waals surface area contributed by atoms with Gasteiger partial charge in [0, 0.05) is 33.7 Å². The van der Waals surface area contributed by atoms with E-state index in [2.05, 4.69) is 4.90 Å². The van der Waals surface area contributed by atoms with Gasteiger partial charge in [-0.15, -0.1) is 0 Å². The van der Waals surface area contributed by atoms with Gasteiger partial charge in [-0.25, -0.2) is 12.7 Å². The fraction of sp³-hybridized carbons (Fsp3) is 0.571. The first-order valence-electron chi connectivity index (χ1n) is 6.78. The zero-order valence-electron chi connectivity index (χ0n) is 12.0. The average molecular weight is 298 g/mol. The zero-order valence-corrected chi connectivity index (χ0v) is 12.8. The summed E-state index contributed by atoms with van der Waals surface area (Å²) in [5.74, 6) is 0.109. The number of fused-ring (bicyclic) bond motifs is 1. The second-order valence-corrected chi connectivity index (χ2v) is 7.68. The number of benzene rings is 1. The van der Waals surface area contributed by atoms with Crippen LogP contribution in [0.5, 0.6) is 0 Å². The minimum absolute atomic E-state index is 0.109. The monoisotopic (exact) mass is 298 g/mol. The molecule has 1 aliphatic heterocycles. The molecule has 1 aromatic rings. The molecule has 0 aromatic heterocycles. The quantitative estimate of drug-likeness (QED) is 0.894. The molecular formula is C14H22N2O3S. The number of aliphatic hydroxyl groups excluding tert-OH is 1. The Kier molecular flexibility index (Phi) is 4.80. The van der Waals surface area contributed by atoms with E-state index in [9.17, 15) is 13.5 Å². The summed E-state index contributed by atoms with van der Waals surface area (Å²) in [4.78, 5) is 2.09. The Labute approximate surface area is 120 Å². The highest BCUT2D eigenvalue weighted by molar-refractivity contribution is 7.89. The van der Waals surface area contributed by atoms with E-state index in [1.54, 1.807) is 14.1 Å². The molecule has 2 rings (SSSR count). The summed E-state index contributed by atoms with van der Waals surface area (Å²) in [6, 6.07) is 7.82. The Morgan fingerprint density at radius 2 is 2.05 bits per heavy atom. The molecular weight excluding hydrogens is 276 g/mol. The van der Waals surface area contributed by atoms with Crippen molar-refractivity contribution in [1.82, 2.24) is 9.21 Å². The molecule has 1 unspecified atom stereocenters. The Bertz CT molecular complexity index is 557. The zero-order chi connectivity index (χ0) is 14.8. The van der Waals surface area contributed by atoms with Crippen molar-refractivity contribution in [2.45, 2.75) is 19.1 Å². The molecule has 112 valence electrons. The van der Waals surface area contributed by atoms with Crippen LogP contribution in [0.3, 0.4) is 0 Å². The summed E-state index contributed by atoms with van der Waals surface area (Å²) < 4.78 is 24.9. The molecule has 0 radical (unpaired) electrons. The highest BCUT2D eigenvalue weighted by atomic mass is 32.2. The Morgan fingerprint density at radius 1 is 1.35 bits per heavy atom. The van der Waals surface area contributed by atoms with Crippen LogP contribution in [0.2, 0.25) is 0 Å². The third-order valence-corrected chi connectivity index (χ3v) is 5.56. The summed E-state index contributed by atoms with van der Waals surface area (Å²) in [7, 11) is -0.0664. The highest BCUT2D eigenvalue weighted by Gasteiger charge is 2.22. The van der Waals surface area contributed by atoms with Gasteiger partial charge in [0.1, 0.15) is 0 Å². The molecule has 0 aliphatic carbocycles. The summed E-state index contributed by atoms with van der Waals surface area (Å²) in [6.07, 6.45) is 0.181. The van der Waals surface area contributed by atoms with Gasteiger partial charge in [0.15, 0.2) is 0 Å². The van der Waals surface area contributed by atoms with Crippen LogP contribution >= 0.6 is 0 Å². The van der Waals surface area contributed by atoms with E-state index in [4.69, 9.17) is 0 Å². The molecule has 0 bridgehead atoms. The topological polar surface area (TPSA) is 60.9 Å². The molecule has 6 heteroatoms. The maximum atomic E-state index is 11.8. The SMILES string of the molecule is CN(C)S(=O)(=O)CCN1CCC(O)c2ccccc2C1. The normalized spacial score (nSPS) is 20.7. The van der Waals surface area contributed by atoms with Crippen LogP contribution in [0.15, 0.2) is 24.3 Å². The third-order valence-electron chi connectivity index (χ3n) is 3.75. The van der Waals surface area contributed by atoms with Gasteiger partial charge in [-0.05, 0) is 17.5 Å². The van der Waals surface area contributed by atoms with Crippen LogP contribution in [-0.4, -0.2) is 55.7 Å². The Hall–Kier alpha value is -0.950. The van der Waals surface area contributed by atoms with Crippen molar-refractivity contribution < 1.29 is 13.5 Å². The second kappa shape index (κ2) is 6.22. The molecule has 1 aromatic carbocycles. The number of rotatable bonds is 4. The molecule has 5 nitrogen and oxygen atoms in total. The van der Waals surface area contributed by atoms with Crippen LogP contribution < -0.4 is 0 Å². The first kappa shape index (κ1) is 15.4. The first-order valence-corrected chi connectivity index (χ1v) is 8.39.